The van der Waals surface area contributed by atoms with Crippen LogP contribution in [0.15, 0.2) is 35.8 Å². The molecule has 4 fully saturated rings. The molecule has 6 aliphatic rings. The van der Waals surface area contributed by atoms with Gasteiger partial charge in [-0.25, -0.2) is 4.85 Å². The highest BCUT2D eigenvalue weighted by atomic mass is 16.5. The van der Waals surface area contributed by atoms with Crippen LogP contribution in [0.2, 0.25) is 0 Å². The molecular formula is C33H41NO5. The van der Waals surface area contributed by atoms with E-state index in [-0.39, 0.29) is 28.2 Å². The number of carbonyl (C=O) groups is 3. The standard InChI is InChI=1S/C33H41NO5/c1-19-32-14-12-27(2,3)18-23(32)33(39-19)24(35)16-22-28(4)17-20(34-8)25(36)31(7,26(37)38-9)21(28)10-11-29(22,5)30(33,6)13-15-32/h16-17,21,23H,1,10-15,18H2,2-7,9H3/t21-,23-,28+,29-,30+,31+,32-,33-/m1/s1. The molecule has 0 N–H and O–H groups in total. The molecule has 6 heteroatoms. The SMILES string of the molecule is [C-]#[N+]C1=C[C@]2(C)C3=CC(=O)[C@]45OC(=C)[C@@]6(CCC(C)(C)C[C@H]64)CC[C@@]5(C)[C@]3(C)CC[C@H]2[C@](C)(C(=O)OC)C1=O. The monoisotopic (exact) mass is 531 g/mol. The van der Waals surface area contributed by atoms with Gasteiger partial charge in [-0.05, 0) is 74.7 Å². The Balaban J connectivity index is 1.60. The van der Waals surface area contributed by atoms with Crippen molar-refractivity contribution in [3.05, 3.63) is 47.2 Å². The Hall–Kier alpha value is -2.68. The van der Waals surface area contributed by atoms with Gasteiger partial charge in [0.15, 0.2) is 17.2 Å². The van der Waals surface area contributed by atoms with Crippen molar-refractivity contribution in [3.8, 4) is 0 Å². The summed E-state index contributed by atoms with van der Waals surface area (Å²) in [4.78, 5) is 45.0. The lowest BCUT2D eigenvalue weighted by atomic mass is 9.33. The Morgan fingerprint density at radius 1 is 1.05 bits per heavy atom. The number of hydrogen-bond acceptors (Lipinski definition) is 5. The fraction of sp³-hybridized carbons (Fsp3) is 0.697. The zero-order valence-corrected chi connectivity index (χ0v) is 24.5. The Morgan fingerprint density at radius 2 is 1.72 bits per heavy atom. The summed E-state index contributed by atoms with van der Waals surface area (Å²) < 4.78 is 12.0. The highest BCUT2D eigenvalue weighted by Crippen LogP contribution is 2.80. The molecule has 208 valence electrons. The van der Waals surface area contributed by atoms with Crippen molar-refractivity contribution in [1.29, 1.82) is 0 Å². The number of esters is 1. The molecule has 8 atom stereocenters. The number of ether oxygens (including phenoxy) is 2. The predicted molar refractivity (Wildman–Crippen MR) is 146 cm³/mol. The van der Waals surface area contributed by atoms with Gasteiger partial charge in [0.2, 0.25) is 5.70 Å². The summed E-state index contributed by atoms with van der Waals surface area (Å²) in [6, 6.07) is 0. The number of hydrogen-bond donors (Lipinski definition) is 0. The summed E-state index contributed by atoms with van der Waals surface area (Å²) >= 11 is 0. The predicted octanol–water partition coefficient (Wildman–Crippen LogP) is 6.38. The van der Waals surface area contributed by atoms with Gasteiger partial charge in [0, 0.05) is 22.2 Å². The minimum atomic E-state index is -1.49. The highest BCUT2D eigenvalue weighted by Gasteiger charge is 2.81. The van der Waals surface area contributed by atoms with Gasteiger partial charge >= 0.3 is 5.97 Å². The van der Waals surface area contributed by atoms with Gasteiger partial charge in [0.25, 0.3) is 0 Å². The molecular weight excluding hydrogens is 490 g/mol. The van der Waals surface area contributed by atoms with E-state index in [2.05, 4.69) is 39.1 Å². The molecule has 1 aliphatic heterocycles. The lowest BCUT2D eigenvalue weighted by Gasteiger charge is -2.69. The number of Topliss-reactive ketones (excluding diaryl/α,β-unsaturated/α-hetero) is 1. The molecule has 6 nitrogen and oxygen atoms in total. The number of allylic oxidation sites excluding steroid dienone is 4. The number of carbonyl (C=O) groups excluding carboxylic acids is 3. The van der Waals surface area contributed by atoms with E-state index in [1.807, 2.05) is 6.92 Å². The van der Waals surface area contributed by atoms with E-state index in [1.54, 1.807) is 19.1 Å². The third kappa shape index (κ3) is 2.62. The molecule has 0 aromatic rings. The Morgan fingerprint density at radius 3 is 2.36 bits per heavy atom. The van der Waals surface area contributed by atoms with E-state index in [0.717, 1.165) is 43.4 Å². The average molecular weight is 532 g/mol. The van der Waals surface area contributed by atoms with Crippen LogP contribution in [0.3, 0.4) is 0 Å². The third-order valence-electron chi connectivity index (χ3n) is 13.2. The smallest absolute Gasteiger partial charge is 0.318 e. The molecule has 6 rings (SSSR count). The maximum absolute atomic E-state index is 14.7. The van der Waals surface area contributed by atoms with Crippen molar-refractivity contribution < 1.29 is 23.9 Å². The second kappa shape index (κ2) is 7.33. The van der Waals surface area contributed by atoms with Gasteiger partial charge in [-0.1, -0.05) is 52.8 Å². The van der Waals surface area contributed by atoms with Crippen molar-refractivity contribution in [3.63, 3.8) is 0 Å². The summed E-state index contributed by atoms with van der Waals surface area (Å²) in [5.74, 6) is -0.680. The summed E-state index contributed by atoms with van der Waals surface area (Å²) in [6.45, 7) is 25.0. The second-order valence-corrected chi connectivity index (χ2v) is 15.0. The van der Waals surface area contributed by atoms with Crippen molar-refractivity contribution in [2.24, 2.45) is 44.3 Å². The molecule has 2 bridgehead atoms. The van der Waals surface area contributed by atoms with Gasteiger partial charge in [0.05, 0.1) is 19.4 Å². The van der Waals surface area contributed by atoms with E-state index in [1.165, 1.54) is 7.11 Å². The van der Waals surface area contributed by atoms with Crippen LogP contribution in [0.25, 0.3) is 4.85 Å². The number of ketones is 2. The number of fused-ring (bicyclic) bond motifs is 4. The second-order valence-electron chi connectivity index (χ2n) is 15.0. The van der Waals surface area contributed by atoms with E-state index in [0.29, 0.717) is 12.8 Å². The Bertz CT molecular complexity index is 1360. The lowest BCUT2D eigenvalue weighted by molar-refractivity contribution is -0.204. The first kappa shape index (κ1) is 26.5. The van der Waals surface area contributed by atoms with E-state index in [4.69, 9.17) is 16.0 Å². The molecule has 0 unspecified atom stereocenters. The van der Waals surface area contributed by atoms with E-state index >= 15 is 0 Å². The van der Waals surface area contributed by atoms with Crippen molar-refractivity contribution in [2.75, 3.05) is 7.11 Å². The van der Waals surface area contributed by atoms with Crippen LogP contribution in [-0.4, -0.2) is 30.2 Å². The summed E-state index contributed by atoms with van der Waals surface area (Å²) in [5.41, 5.74) is -3.43. The molecule has 39 heavy (non-hydrogen) atoms. The van der Waals surface area contributed by atoms with Crippen LogP contribution in [0.4, 0.5) is 0 Å². The lowest BCUT2D eigenvalue weighted by Crippen LogP contribution is -2.71. The third-order valence-corrected chi connectivity index (χ3v) is 13.2. The molecule has 1 heterocycles. The number of methoxy groups -OCH3 is 1. The van der Waals surface area contributed by atoms with Crippen molar-refractivity contribution >= 4 is 17.5 Å². The first-order chi connectivity index (χ1) is 18.0. The van der Waals surface area contributed by atoms with Crippen LogP contribution in [0.5, 0.6) is 0 Å². The minimum Gasteiger partial charge on any atom is -0.483 e. The topological polar surface area (TPSA) is 74.0 Å². The first-order valence-electron chi connectivity index (χ1n) is 14.4. The van der Waals surface area contributed by atoms with Gasteiger partial charge in [-0.15, -0.1) is 0 Å². The van der Waals surface area contributed by atoms with Gasteiger partial charge in [0.1, 0.15) is 5.41 Å². The first-order valence-corrected chi connectivity index (χ1v) is 14.4. The molecule has 0 aromatic carbocycles. The molecule has 0 aromatic heterocycles. The van der Waals surface area contributed by atoms with Crippen LogP contribution in [0.1, 0.15) is 86.5 Å². The molecule has 1 spiro atoms. The van der Waals surface area contributed by atoms with Crippen LogP contribution in [0, 0.1) is 50.9 Å². The van der Waals surface area contributed by atoms with Gasteiger partial charge in [-0.2, -0.15) is 0 Å². The summed E-state index contributed by atoms with van der Waals surface area (Å²) in [5, 5.41) is 0. The zero-order valence-electron chi connectivity index (χ0n) is 24.5. The Kier molecular flexibility index (Phi) is 4.99. The normalized spacial score (nSPS) is 49.2. The highest BCUT2D eigenvalue weighted by molar-refractivity contribution is 6.14. The van der Waals surface area contributed by atoms with Gasteiger partial charge < -0.3 is 14.3 Å². The molecule has 5 aliphatic carbocycles. The maximum atomic E-state index is 14.7. The summed E-state index contributed by atoms with van der Waals surface area (Å²) in [6.07, 6.45) is 9.67. The maximum Gasteiger partial charge on any atom is 0.318 e. The minimum absolute atomic E-state index is 0.0146. The number of rotatable bonds is 1. The molecule has 1 saturated heterocycles. The Labute approximate surface area is 232 Å². The molecule has 3 saturated carbocycles. The quantitative estimate of drug-likeness (QED) is 0.223. The molecule has 0 radical (unpaired) electrons. The van der Waals surface area contributed by atoms with E-state index < -0.39 is 44.9 Å². The van der Waals surface area contributed by atoms with Crippen molar-refractivity contribution in [2.45, 2.75) is 92.1 Å². The number of nitrogens with zero attached hydrogens (tertiary/aromatic N) is 1. The zero-order chi connectivity index (χ0) is 28.6. The van der Waals surface area contributed by atoms with Crippen LogP contribution >= 0.6 is 0 Å². The fourth-order valence-electron chi connectivity index (χ4n) is 10.7. The van der Waals surface area contributed by atoms with Crippen molar-refractivity contribution in [1.82, 2.24) is 0 Å². The fourth-order valence-corrected chi connectivity index (χ4v) is 10.7. The largest absolute Gasteiger partial charge is 0.483 e. The van der Waals surface area contributed by atoms with E-state index in [9.17, 15) is 14.4 Å². The van der Waals surface area contributed by atoms with Crippen LogP contribution < -0.4 is 0 Å². The van der Waals surface area contributed by atoms with Crippen LogP contribution in [-0.2, 0) is 23.9 Å². The summed E-state index contributed by atoms with van der Waals surface area (Å²) in [7, 11) is 1.29. The average Bonchev–Trinajstić information content (AvgIpc) is 3.07. The van der Waals surface area contributed by atoms with Gasteiger partial charge in [-0.3, -0.25) is 9.59 Å². The molecule has 0 amide bonds.